The van der Waals surface area contributed by atoms with E-state index in [9.17, 15) is 14.9 Å². The van der Waals surface area contributed by atoms with E-state index in [0.29, 0.717) is 23.4 Å². The molecular weight excluding hydrogens is 368 g/mol. The third kappa shape index (κ3) is 3.85. The maximum absolute atomic E-state index is 12.8. The number of esters is 1. The lowest BCUT2D eigenvalue weighted by atomic mass is 9.77. The fourth-order valence-electron chi connectivity index (χ4n) is 3.60. The van der Waals surface area contributed by atoms with Crippen LogP contribution in [-0.4, -0.2) is 35.8 Å². The molecular formula is C20H19ClN2O4. The van der Waals surface area contributed by atoms with Crippen LogP contribution in [0.3, 0.4) is 0 Å². The summed E-state index contributed by atoms with van der Waals surface area (Å²) >= 11 is 5.95. The highest BCUT2D eigenvalue weighted by molar-refractivity contribution is 6.30. The van der Waals surface area contributed by atoms with E-state index >= 15 is 0 Å². The van der Waals surface area contributed by atoms with Gasteiger partial charge in [-0.3, -0.25) is 15.1 Å². The number of methoxy groups -OCH3 is 1. The highest BCUT2D eigenvalue weighted by atomic mass is 35.5. The van der Waals surface area contributed by atoms with Crippen LogP contribution in [0.2, 0.25) is 5.02 Å². The molecule has 0 saturated heterocycles. The van der Waals surface area contributed by atoms with Gasteiger partial charge >= 0.3 is 5.97 Å². The Labute approximate surface area is 162 Å². The summed E-state index contributed by atoms with van der Waals surface area (Å²) in [5, 5.41) is 12.0. The Kier molecular flexibility index (Phi) is 5.56. The summed E-state index contributed by atoms with van der Waals surface area (Å²) in [4.78, 5) is 28.5. The molecule has 0 aromatic heterocycles. The van der Waals surface area contributed by atoms with E-state index in [4.69, 9.17) is 21.3 Å². The van der Waals surface area contributed by atoms with Crippen LogP contribution in [0.25, 0.3) is 0 Å². The maximum Gasteiger partial charge on any atom is 0.334 e. The van der Waals surface area contributed by atoms with E-state index < -0.39 is 28.9 Å². The number of rotatable bonds is 6. The summed E-state index contributed by atoms with van der Waals surface area (Å²) in [6.07, 6.45) is 0.878. The van der Waals surface area contributed by atoms with Gasteiger partial charge in [0.05, 0.1) is 13.0 Å². The third-order valence-corrected chi connectivity index (χ3v) is 5.16. The second-order valence-electron chi connectivity index (χ2n) is 6.46. The van der Waals surface area contributed by atoms with Crippen molar-refractivity contribution in [2.24, 2.45) is 4.99 Å². The first-order valence-electron chi connectivity index (χ1n) is 8.56. The number of ether oxygens (including phenoxy) is 1. The number of carbonyl (C=O) groups is 1. The van der Waals surface area contributed by atoms with Gasteiger partial charge in [0.25, 0.3) is 0 Å². The molecule has 3 rings (SSSR count). The second kappa shape index (κ2) is 7.88. The Hall–Kier alpha value is -2.73. The van der Waals surface area contributed by atoms with E-state index in [0.717, 1.165) is 11.3 Å². The molecule has 0 saturated carbocycles. The van der Waals surface area contributed by atoms with Crippen molar-refractivity contribution in [3.05, 3.63) is 80.9 Å². The molecule has 1 heterocycles. The van der Waals surface area contributed by atoms with Gasteiger partial charge in [0.2, 0.25) is 6.54 Å². The van der Waals surface area contributed by atoms with Crippen molar-refractivity contribution in [1.82, 2.24) is 0 Å². The standard InChI is InChI=1S/C20H19ClN2O4/c1-27-19(24)20(17(13-23(25)26)14-5-3-2-4-6-14)12-11-18(22-20)15-7-9-16(21)10-8-15/h2-10,17H,11-13H2,1H3/t17-,20+/m1/s1. The smallest absolute Gasteiger partial charge is 0.334 e. The average Bonchev–Trinajstić information content (AvgIpc) is 3.13. The Bertz CT molecular complexity index is 867. The van der Waals surface area contributed by atoms with Gasteiger partial charge in [-0.1, -0.05) is 54.1 Å². The summed E-state index contributed by atoms with van der Waals surface area (Å²) in [6, 6.07) is 16.2. The van der Waals surface area contributed by atoms with Crippen LogP contribution in [0.15, 0.2) is 59.6 Å². The predicted molar refractivity (Wildman–Crippen MR) is 103 cm³/mol. The minimum atomic E-state index is -1.32. The van der Waals surface area contributed by atoms with E-state index in [-0.39, 0.29) is 0 Å². The number of hydrogen-bond donors (Lipinski definition) is 0. The van der Waals surface area contributed by atoms with Crippen molar-refractivity contribution in [2.45, 2.75) is 24.3 Å². The zero-order valence-corrected chi connectivity index (χ0v) is 15.6. The Morgan fingerprint density at radius 1 is 1.26 bits per heavy atom. The number of nitrogens with zero attached hydrogens (tertiary/aromatic N) is 2. The molecule has 27 heavy (non-hydrogen) atoms. The molecule has 2 atom stereocenters. The Morgan fingerprint density at radius 2 is 1.93 bits per heavy atom. The molecule has 7 heteroatoms. The number of hydrogen-bond acceptors (Lipinski definition) is 5. The molecule has 0 N–H and O–H groups in total. The van der Waals surface area contributed by atoms with Crippen LogP contribution < -0.4 is 0 Å². The zero-order chi connectivity index (χ0) is 19.4. The molecule has 1 aliphatic rings. The van der Waals surface area contributed by atoms with Gasteiger partial charge in [0, 0.05) is 15.7 Å². The molecule has 2 aromatic rings. The fourth-order valence-corrected chi connectivity index (χ4v) is 3.72. The number of benzene rings is 2. The number of halogens is 1. The molecule has 0 unspecified atom stereocenters. The minimum absolute atomic E-state index is 0.352. The highest BCUT2D eigenvalue weighted by Gasteiger charge is 2.52. The van der Waals surface area contributed by atoms with Crippen LogP contribution in [0, 0.1) is 10.1 Å². The van der Waals surface area contributed by atoms with E-state index in [1.807, 2.05) is 18.2 Å². The van der Waals surface area contributed by atoms with Gasteiger partial charge in [0.15, 0.2) is 5.54 Å². The first kappa shape index (κ1) is 19.0. The molecule has 140 valence electrons. The summed E-state index contributed by atoms with van der Waals surface area (Å²) < 4.78 is 5.04. The normalized spacial score (nSPS) is 20.0. The predicted octanol–water partition coefficient (Wildman–Crippen LogP) is 3.90. The van der Waals surface area contributed by atoms with Gasteiger partial charge in [-0.25, -0.2) is 4.79 Å². The van der Waals surface area contributed by atoms with Gasteiger partial charge in [0.1, 0.15) is 0 Å². The summed E-state index contributed by atoms with van der Waals surface area (Å²) in [7, 11) is 1.29. The molecule has 0 spiro atoms. The molecule has 1 aliphatic heterocycles. The topological polar surface area (TPSA) is 81.8 Å². The SMILES string of the molecule is COC(=O)[C@@]1([C@H](C[N+](=O)[O-])c2ccccc2)CCC(c2ccc(Cl)cc2)=N1. The van der Waals surface area contributed by atoms with Crippen LogP contribution in [-0.2, 0) is 9.53 Å². The Balaban J connectivity index is 2.10. The van der Waals surface area contributed by atoms with E-state index in [1.165, 1.54) is 7.11 Å². The van der Waals surface area contributed by atoms with E-state index in [2.05, 4.69) is 0 Å². The van der Waals surface area contributed by atoms with Gasteiger partial charge in [-0.15, -0.1) is 0 Å². The zero-order valence-electron chi connectivity index (χ0n) is 14.8. The largest absolute Gasteiger partial charge is 0.467 e. The number of carbonyl (C=O) groups excluding carboxylic acids is 1. The van der Waals surface area contributed by atoms with Crippen LogP contribution in [0.4, 0.5) is 0 Å². The van der Waals surface area contributed by atoms with Gasteiger partial charge in [-0.2, -0.15) is 0 Å². The lowest BCUT2D eigenvalue weighted by Crippen LogP contribution is -2.44. The van der Waals surface area contributed by atoms with Crippen molar-refractivity contribution in [3.8, 4) is 0 Å². The molecule has 0 radical (unpaired) electrons. The Morgan fingerprint density at radius 3 is 2.52 bits per heavy atom. The van der Waals surface area contributed by atoms with Crippen LogP contribution in [0.1, 0.15) is 29.9 Å². The molecule has 0 fully saturated rings. The summed E-state index contributed by atoms with van der Waals surface area (Å²) in [6.45, 7) is -0.406. The quantitative estimate of drug-likeness (QED) is 0.428. The molecule has 0 bridgehead atoms. The molecule has 6 nitrogen and oxygen atoms in total. The molecule has 0 aliphatic carbocycles. The summed E-state index contributed by atoms with van der Waals surface area (Å²) in [5.41, 5.74) is 0.943. The van der Waals surface area contributed by atoms with Crippen LogP contribution in [0.5, 0.6) is 0 Å². The average molecular weight is 387 g/mol. The van der Waals surface area contributed by atoms with Crippen LogP contribution >= 0.6 is 11.6 Å². The maximum atomic E-state index is 12.8. The number of nitro groups is 1. The van der Waals surface area contributed by atoms with Crippen molar-refractivity contribution in [1.29, 1.82) is 0 Å². The van der Waals surface area contributed by atoms with Crippen molar-refractivity contribution in [2.75, 3.05) is 13.7 Å². The first-order chi connectivity index (χ1) is 13.0. The second-order valence-corrected chi connectivity index (χ2v) is 6.90. The fraction of sp³-hybridized carbons (Fsp3) is 0.300. The highest BCUT2D eigenvalue weighted by Crippen LogP contribution is 2.42. The van der Waals surface area contributed by atoms with Gasteiger partial charge < -0.3 is 4.74 Å². The lowest BCUT2D eigenvalue weighted by molar-refractivity contribution is -0.484. The first-order valence-corrected chi connectivity index (χ1v) is 8.94. The summed E-state index contributed by atoms with van der Waals surface area (Å²) in [5.74, 6) is -1.27. The monoisotopic (exact) mass is 386 g/mol. The number of aliphatic imine (C=N–C) groups is 1. The van der Waals surface area contributed by atoms with Gasteiger partial charge in [-0.05, 0) is 36.1 Å². The lowest BCUT2D eigenvalue weighted by Gasteiger charge is -2.30. The van der Waals surface area contributed by atoms with E-state index in [1.54, 1.807) is 36.4 Å². The van der Waals surface area contributed by atoms with Crippen molar-refractivity contribution >= 4 is 23.3 Å². The minimum Gasteiger partial charge on any atom is -0.467 e. The molecule has 0 amide bonds. The third-order valence-electron chi connectivity index (χ3n) is 4.90. The van der Waals surface area contributed by atoms with Crippen molar-refractivity contribution in [3.63, 3.8) is 0 Å². The van der Waals surface area contributed by atoms with Crippen molar-refractivity contribution < 1.29 is 14.5 Å². The molecule has 2 aromatic carbocycles.